The van der Waals surface area contributed by atoms with Crippen molar-refractivity contribution in [3.63, 3.8) is 0 Å². The molecule has 0 aliphatic heterocycles. The van der Waals surface area contributed by atoms with Gasteiger partial charge in [0.1, 0.15) is 11.3 Å². The second-order valence-corrected chi connectivity index (χ2v) is 7.80. The van der Waals surface area contributed by atoms with Gasteiger partial charge in [0.15, 0.2) is 10.7 Å². The average Bonchev–Trinajstić information content (AvgIpc) is 3.21. The van der Waals surface area contributed by atoms with Crippen LogP contribution < -0.4 is 10.6 Å². The van der Waals surface area contributed by atoms with Gasteiger partial charge in [-0.1, -0.05) is 11.6 Å². The van der Waals surface area contributed by atoms with Gasteiger partial charge in [0, 0.05) is 17.8 Å². The molecular formula is C21H11ClFN5O6S. The molecule has 176 valence electrons. The number of nitro groups is 2. The summed E-state index contributed by atoms with van der Waals surface area (Å²) in [6.07, 6.45) is 0. The molecule has 0 atom stereocenters. The Hall–Kier alpha value is -4.49. The van der Waals surface area contributed by atoms with Crippen LogP contribution in [-0.4, -0.2) is 25.9 Å². The summed E-state index contributed by atoms with van der Waals surface area (Å²) in [6, 6.07) is 11.1. The van der Waals surface area contributed by atoms with E-state index in [1.807, 2.05) is 0 Å². The van der Waals surface area contributed by atoms with Crippen LogP contribution in [0.4, 0.5) is 21.5 Å². The molecule has 0 saturated carbocycles. The van der Waals surface area contributed by atoms with Gasteiger partial charge >= 0.3 is 0 Å². The monoisotopic (exact) mass is 515 g/mol. The smallest absolute Gasteiger partial charge is 0.277 e. The molecule has 0 spiro atoms. The number of anilines is 1. The summed E-state index contributed by atoms with van der Waals surface area (Å²) in [5, 5.41) is 27.1. The minimum Gasteiger partial charge on any atom is -0.436 e. The topological polar surface area (TPSA) is 153 Å². The van der Waals surface area contributed by atoms with Crippen molar-refractivity contribution >= 4 is 63.0 Å². The third kappa shape index (κ3) is 5.20. The van der Waals surface area contributed by atoms with Crippen LogP contribution in [0.5, 0.6) is 0 Å². The Bertz CT molecular complexity index is 1510. The van der Waals surface area contributed by atoms with Crippen LogP contribution in [-0.2, 0) is 0 Å². The molecule has 0 fully saturated rings. The number of hydrogen-bond acceptors (Lipinski definition) is 8. The zero-order valence-corrected chi connectivity index (χ0v) is 18.7. The highest BCUT2D eigenvalue weighted by molar-refractivity contribution is 7.80. The van der Waals surface area contributed by atoms with E-state index in [4.69, 9.17) is 28.2 Å². The van der Waals surface area contributed by atoms with E-state index in [0.29, 0.717) is 22.4 Å². The summed E-state index contributed by atoms with van der Waals surface area (Å²) in [6.45, 7) is 0. The molecule has 4 rings (SSSR count). The first kappa shape index (κ1) is 23.7. The molecule has 1 amide bonds. The minimum atomic E-state index is -0.884. The van der Waals surface area contributed by atoms with Gasteiger partial charge in [-0.25, -0.2) is 9.37 Å². The number of fused-ring (bicyclic) bond motifs is 1. The summed E-state index contributed by atoms with van der Waals surface area (Å²) in [5.74, 6) is -1.22. The molecule has 0 aliphatic carbocycles. The Morgan fingerprint density at radius 3 is 2.34 bits per heavy atom. The van der Waals surface area contributed by atoms with E-state index in [2.05, 4.69) is 15.6 Å². The summed E-state index contributed by atoms with van der Waals surface area (Å²) in [7, 11) is 0. The molecular weight excluding hydrogens is 505 g/mol. The third-order valence-electron chi connectivity index (χ3n) is 4.62. The lowest BCUT2D eigenvalue weighted by Crippen LogP contribution is -2.34. The van der Waals surface area contributed by atoms with Crippen LogP contribution in [0, 0.1) is 26.0 Å². The number of carbonyl (C=O) groups excluding carboxylic acids is 1. The fraction of sp³-hybridized carbons (Fsp3) is 0. The van der Waals surface area contributed by atoms with Crippen molar-refractivity contribution in [1.29, 1.82) is 0 Å². The molecule has 11 nitrogen and oxygen atoms in total. The van der Waals surface area contributed by atoms with Crippen molar-refractivity contribution in [3.05, 3.63) is 91.2 Å². The zero-order chi connectivity index (χ0) is 25.3. The molecule has 0 bridgehead atoms. The molecule has 2 N–H and O–H groups in total. The maximum Gasteiger partial charge on any atom is 0.277 e. The molecule has 1 aromatic heterocycles. The Morgan fingerprint density at radius 2 is 1.71 bits per heavy atom. The van der Waals surface area contributed by atoms with E-state index in [0.717, 1.165) is 24.3 Å². The molecule has 4 aromatic rings. The number of benzene rings is 3. The van der Waals surface area contributed by atoms with Crippen LogP contribution in [0.2, 0.25) is 5.02 Å². The first-order chi connectivity index (χ1) is 16.6. The highest BCUT2D eigenvalue weighted by Crippen LogP contribution is 2.31. The minimum absolute atomic E-state index is 0.125. The lowest BCUT2D eigenvalue weighted by molar-refractivity contribution is -0.394. The van der Waals surface area contributed by atoms with Crippen LogP contribution in [0.3, 0.4) is 0 Å². The van der Waals surface area contributed by atoms with Crippen LogP contribution in [0.1, 0.15) is 10.4 Å². The number of amides is 1. The number of aromatic nitrogens is 1. The lowest BCUT2D eigenvalue weighted by Gasteiger charge is -2.09. The summed E-state index contributed by atoms with van der Waals surface area (Å²) in [4.78, 5) is 37.2. The van der Waals surface area contributed by atoms with Crippen LogP contribution in [0.25, 0.3) is 22.6 Å². The molecule has 0 aliphatic rings. The fourth-order valence-corrected chi connectivity index (χ4v) is 3.52. The second-order valence-electron chi connectivity index (χ2n) is 6.99. The number of thiocarbonyl (C=S) groups is 1. The number of nitrogens with zero attached hydrogens (tertiary/aromatic N) is 3. The van der Waals surface area contributed by atoms with Crippen molar-refractivity contribution in [1.82, 2.24) is 10.3 Å². The third-order valence-corrected chi connectivity index (χ3v) is 5.14. The van der Waals surface area contributed by atoms with Gasteiger partial charge in [0.2, 0.25) is 5.89 Å². The summed E-state index contributed by atoms with van der Waals surface area (Å²) < 4.78 is 19.0. The molecule has 1 heterocycles. The standard InChI is InChI=1S/C21H11ClFN5O6S/c22-16-7-11(23)1-3-15(16)20-25-17-8-12(2-4-18(17)34-20)24-21(35)26-19(29)10-5-13(27(30)31)9-14(6-10)28(32)33/h1-9H,(H2,24,26,29,35). The number of nitrogens with one attached hydrogen (secondary N) is 2. The van der Waals surface area contributed by atoms with Gasteiger partial charge in [-0.05, 0) is 48.6 Å². The van der Waals surface area contributed by atoms with E-state index < -0.39 is 32.9 Å². The average molecular weight is 516 g/mol. The number of non-ortho nitro benzene ring substituents is 2. The van der Waals surface area contributed by atoms with Crippen molar-refractivity contribution < 1.29 is 23.4 Å². The van der Waals surface area contributed by atoms with Gasteiger partial charge in [-0.3, -0.25) is 30.3 Å². The quantitative estimate of drug-likeness (QED) is 0.206. The molecule has 0 unspecified atom stereocenters. The SMILES string of the molecule is O=C(NC(=S)Nc1ccc2oc(-c3ccc(F)cc3Cl)nc2c1)c1cc([N+](=O)[O-])cc([N+](=O)[O-])c1. The highest BCUT2D eigenvalue weighted by Gasteiger charge is 2.20. The summed E-state index contributed by atoms with van der Waals surface area (Å²) in [5.41, 5.74) is 0.0838. The van der Waals surface area contributed by atoms with Gasteiger partial charge in [-0.2, -0.15) is 0 Å². The first-order valence-corrected chi connectivity index (χ1v) is 10.3. The predicted molar refractivity (Wildman–Crippen MR) is 128 cm³/mol. The highest BCUT2D eigenvalue weighted by atomic mass is 35.5. The Labute approximate surface area is 204 Å². The predicted octanol–water partition coefficient (Wildman–Crippen LogP) is 5.23. The van der Waals surface area contributed by atoms with Gasteiger partial charge < -0.3 is 9.73 Å². The van der Waals surface area contributed by atoms with Crippen molar-refractivity contribution in [3.8, 4) is 11.5 Å². The van der Waals surface area contributed by atoms with Crippen LogP contribution >= 0.6 is 23.8 Å². The number of hydrogen-bond donors (Lipinski definition) is 2. The van der Waals surface area contributed by atoms with Gasteiger partial charge in [0.25, 0.3) is 17.3 Å². The van der Waals surface area contributed by atoms with Gasteiger partial charge in [0.05, 0.1) is 32.1 Å². The van der Waals surface area contributed by atoms with Crippen molar-refractivity contribution in [2.24, 2.45) is 0 Å². The second kappa shape index (κ2) is 9.40. The van der Waals surface area contributed by atoms with E-state index >= 15 is 0 Å². The van der Waals surface area contributed by atoms with Gasteiger partial charge in [-0.15, -0.1) is 0 Å². The number of halogens is 2. The Balaban J connectivity index is 1.51. The van der Waals surface area contributed by atoms with E-state index in [9.17, 15) is 29.4 Å². The van der Waals surface area contributed by atoms with E-state index in [-0.39, 0.29) is 21.6 Å². The molecule has 0 saturated heterocycles. The molecule has 35 heavy (non-hydrogen) atoms. The fourth-order valence-electron chi connectivity index (χ4n) is 3.06. The summed E-state index contributed by atoms with van der Waals surface area (Å²) >= 11 is 11.2. The zero-order valence-electron chi connectivity index (χ0n) is 17.2. The van der Waals surface area contributed by atoms with Crippen LogP contribution in [0.15, 0.2) is 59.0 Å². The molecule has 14 heteroatoms. The van der Waals surface area contributed by atoms with E-state index in [1.165, 1.54) is 12.1 Å². The molecule has 0 radical (unpaired) electrons. The van der Waals surface area contributed by atoms with Crippen molar-refractivity contribution in [2.75, 3.05) is 5.32 Å². The largest absolute Gasteiger partial charge is 0.436 e. The van der Waals surface area contributed by atoms with E-state index in [1.54, 1.807) is 18.2 Å². The number of rotatable bonds is 5. The lowest BCUT2D eigenvalue weighted by atomic mass is 10.1. The normalized spacial score (nSPS) is 10.7. The Kier molecular flexibility index (Phi) is 6.36. The molecule has 3 aromatic carbocycles. The maximum atomic E-state index is 13.3. The number of carbonyl (C=O) groups is 1. The van der Waals surface area contributed by atoms with Crippen molar-refractivity contribution in [2.45, 2.75) is 0 Å². The Morgan fingerprint density at radius 1 is 1.03 bits per heavy atom. The maximum absolute atomic E-state index is 13.3. The number of oxazole rings is 1. The number of nitro benzene ring substituents is 2. The first-order valence-electron chi connectivity index (χ1n) is 9.53.